The van der Waals surface area contributed by atoms with Crippen molar-refractivity contribution >= 4 is 28.2 Å². The molecule has 186 valence electrons. The Morgan fingerprint density at radius 1 is 1.03 bits per heavy atom. The fourth-order valence-electron chi connectivity index (χ4n) is 5.59. The summed E-state index contributed by atoms with van der Waals surface area (Å²) < 4.78 is 18.8. The van der Waals surface area contributed by atoms with E-state index in [-0.39, 0.29) is 0 Å². The van der Waals surface area contributed by atoms with Crippen LogP contribution >= 0.6 is 0 Å². The van der Waals surface area contributed by atoms with Gasteiger partial charge in [-0.3, -0.25) is 4.79 Å². The molecule has 0 atom stereocenters. The molecule has 3 heterocycles. The molecule has 1 aliphatic carbocycles. The third kappa shape index (κ3) is 4.04. The maximum atomic E-state index is 13.3. The monoisotopic (exact) mass is 487 g/mol. The van der Waals surface area contributed by atoms with E-state index < -0.39 is 11.7 Å². The molecule has 1 saturated carbocycles. The van der Waals surface area contributed by atoms with Crippen molar-refractivity contribution in [3.05, 3.63) is 65.6 Å². The predicted molar refractivity (Wildman–Crippen MR) is 138 cm³/mol. The summed E-state index contributed by atoms with van der Waals surface area (Å²) in [5.74, 6) is -0.0172. The first-order valence-corrected chi connectivity index (χ1v) is 12.6. The molecule has 0 radical (unpaired) electrons. The first-order chi connectivity index (χ1) is 17.5. The molecule has 8 heteroatoms. The zero-order valence-corrected chi connectivity index (χ0v) is 20.5. The Bertz CT molecular complexity index is 1340. The fourth-order valence-corrected chi connectivity index (χ4v) is 5.59. The van der Waals surface area contributed by atoms with E-state index in [1.807, 2.05) is 0 Å². The van der Waals surface area contributed by atoms with Crippen molar-refractivity contribution in [1.29, 1.82) is 0 Å². The minimum Gasteiger partial charge on any atom is -0.467 e. The maximum Gasteiger partial charge on any atom is 0.318 e. The van der Waals surface area contributed by atoms with Gasteiger partial charge >= 0.3 is 6.01 Å². The summed E-state index contributed by atoms with van der Waals surface area (Å²) >= 11 is 0. The Morgan fingerprint density at radius 3 is 2.47 bits per heavy atom. The second-order valence-corrected chi connectivity index (χ2v) is 9.81. The van der Waals surface area contributed by atoms with Crippen LogP contribution < -0.4 is 14.5 Å². The molecule has 1 aromatic heterocycles. The van der Waals surface area contributed by atoms with E-state index in [9.17, 15) is 9.18 Å². The fraction of sp³-hybridized carbons (Fsp3) is 0.393. The molecule has 1 amide bonds. The van der Waals surface area contributed by atoms with Gasteiger partial charge in [-0.15, -0.1) is 0 Å². The van der Waals surface area contributed by atoms with E-state index in [0.717, 1.165) is 30.0 Å². The lowest BCUT2D eigenvalue weighted by atomic mass is 9.97. The van der Waals surface area contributed by atoms with Gasteiger partial charge in [0.05, 0.1) is 19.3 Å². The van der Waals surface area contributed by atoms with Gasteiger partial charge in [-0.05, 0) is 42.2 Å². The molecule has 0 N–H and O–H groups in total. The van der Waals surface area contributed by atoms with Crippen LogP contribution in [0.5, 0.6) is 6.01 Å². The third-order valence-electron chi connectivity index (χ3n) is 7.58. The van der Waals surface area contributed by atoms with Gasteiger partial charge in [-0.1, -0.05) is 36.9 Å². The number of methoxy groups -OCH3 is 1. The van der Waals surface area contributed by atoms with Crippen molar-refractivity contribution in [2.75, 3.05) is 49.6 Å². The van der Waals surface area contributed by atoms with Gasteiger partial charge in [0, 0.05) is 49.4 Å². The molecule has 3 aliphatic rings. The number of piperazine rings is 1. The Morgan fingerprint density at radius 2 is 1.78 bits per heavy atom. The summed E-state index contributed by atoms with van der Waals surface area (Å²) in [5, 5.41) is 2.65. The van der Waals surface area contributed by atoms with E-state index >= 15 is 0 Å². The number of fused-ring (bicyclic) bond motifs is 2. The maximum absolute atomic E-state index is 13.3. The van der Waals surface area contributed by atoms with Gasteiger partial charge in [0.1, 0.15) is 5.82 Å². The Balaban J connectivity index is 1.31. The van der Waals surface area contributed by atoms with Crippen LogP contribution in [-0.2, 0) is 17.8 Å². The Labute approximate surface area is 210 Å². The van der Waals surface area contributed by atoms with Gasteiger partial charge in [-0.25, -0.2) is 4.39 Å². The summed E-state index contributed by atoms with van der Waals surface area (Å²) in [6.45, 7) is 6.69. The van der Waals surface area contributed by atoms with Crippen LogP contribution in [0.2, 0.25) is 0 Å². The van der Waals surface area contributed by atoms with Crippen LogP contribution in [0, 0.1) is 0 Å². The van der Waals surface area contributed by atoms with Crippen LogP contribution in [0.3, 0.4) is 0 Å². The number of carbonyl (C=O) groups excluding carboxylic acids is 1. The highest BCUT2D eigenvalue weighted by molar-refractivity contribution is 5.97. The predicted octanol–water partition coefficient (Wildman–Crippen LogP) is 4.21. The second kappa shape index (κ2) is 9.08. The van der Waals surface area contributed by atoms with Crippen LogP contribution in [0.25, 0.3) is 10.8 Å². The van der Waals surface area contributed by atoms with Gasteiger partial charge in [-0.2, -0.15) is 9.97 Å². The number of aromatic nitrogens is 2. The number of nitrogens with zero attached hydrogens (tertiary/aromatic N) is 5. The standard InChI is InChI=1S/C28H30FN5O2/c1-18(29)27(35)33-15-13-32(14-16-33)26-22-11-12-34(17-23(22)30-28(31-26)36-2)24-8-4-6-20-5-3-7-21(25(20)24)19-9-10-19/h3-8,19H,1,9-17H2,2H3. The summed E-state index contributed by atoms with van der Waals surface area (Å²) in [6, 6.07) is 13.6. The lowest BCUT2D eigenvalue weighted by Gasteiger charge is -2.38. The molecule has 0 bridgehead atoms. The van der Waals surface area contributed by atoms with Crippen molar-refractivity contribution in [2.24, 2.45) is 0 Å². The quantitative estimate of drug-likeness (QED) is 0.503. The number of hydrogen-bond acceptors (Lipinski definition) is 6. The first kappa shape index (κ1) is 22.8. The number of anilines is 2. The number of rotatable bonds is 5. The molecule has 3 aromatic rings. The number of hydrogen-bond donors (Lipinski definition) is 0. The molecular formula is C28H30FN5O2. The minimum absolute atomic E-state index is 0.345. The normalized spacial score (nSPS) is 17.8. The van der Waals surface area contributed by atoms with E-state index in [1.165, 1.54) is 39.8 Å². The highest BCUT2D eigenvalue weighted by Crippen LogP contribution is 2.46. The molecule has 2 fully saturated rings. The van der Waals surface area contributed by atoms with Crippen LogP contribution in [0.1, 0.15) is 35.6 Å². The van der Waals surface area contributed by atoms with E-state index in [2.05, 4.69) is 52.8 Å². The van der Waals surface area contributed by atoms with Crippen molar-refractivity contribution in [2.45, 2.75) is 31.7 Å². The summed E-state index contributed by atoms with van der Waals surface area (Å²) in [5.41, 5.74) is 4.82. The third-order valence-corrected chi connectivity index (χ3v) is 7.58. The van der Waals surface area contributed by atoms with E-state index in [1.54, 1.807) is 7.11 Å². The molecule has 36 heavy (non-hydrogen) atoms. The zero-order chi connectivity index (χ0) is 24.8. The van der Waals surface area contributed by atoms with Gasteiger partial charge in [0.25, 0.3) is 5.91 Å². The molecule has 7 nitrogen and oxygen atoms in total. The topological polar surface area (TPSA) is 61.8 Å². The van der Waals surface area contributed by atoms with Crippen LogP contribution in [0.4, 0.5) is 15.9 Å². The lowest BCUT2D eigenvalue weighted by Crippen LogP contribution is -2.49. The molecule has 6 rings (SSSR count). The highest BCUT2D eigenvalue weighted by Gasteiger charge is 2.31. The number of amides is 1. The number of ether oxygens (including phenoxy) is 1. The van der Waals surface area contributed by atoms with Gasteiger partial charge < -0.3 is 19.4 Å². The summed E-state index contributed by atoms with van der Waals surface area (Å²) in [4.78, 5) is 27.5. The average molecular weight is 488 g/mol. The second-order valence-electron chi connectivity index (χ2n) is 9.81. The number of carbonyl (C=O) groups is 1. The van der Waals surface area contributed by atoms with Gasteiger partial charge in [0.15, 0.2) is 5.83 Å². The molecule has 0 unspecified atom stereocenters. The average Bonchev–Trinajstić information content (AvgIpc) is 3.76. The number of benzene rings is 2. The Hall–Kier alpha value is -3.68. The molecule has 2 aromatic carbocycles. The molecule has 2 aliphatic heterocycles. The van der Waals surface area contributed by atoms with Crippen LogP contribution in [0.15, 0.2) is 48.8 Å². The zero-order valence-electron chi connectivity index (χ0n) is 20.5. The summed E-state index contributed by atoms with van der Waals surface area (Å²) in [7, 11) is 1.59. The largest absolute Gasteiger partial charge is 0.467 e. The minimum atomic E-state index is -0.914. The SMILES string of the molecule is C=C(F)C(=O)N1CCN(c2nc(OC)nc3c2CCN(c2cccc4cccc(C5CC5)c24)C3)CC1. The van der Waals surface area contributed by atoms with Crippen molar-refractivity contribution in [3.63, 3.8) is 0 Å². The molecule has 0 spiro atoms. The Kier molecular flexibility index (Phi) is 5.74. The molecular weight excluding hydrogens is 457 g/mol. The van der Waals surface area contributed by atoms with Gasteiger partial charge in [0.2, 0.25) is 0 Å². The van der Waals surface area contributed by atoms with Crippen molar-refractivity contribution in [1.82, 2.24) is 14.9 Å². The number of halogens is 1. The lowest BCUT2D eigenvalue weighted by molar-refractivity contribution is -0.128. The van der Waals surface area contributed by atoms with E-state index in [4.69, 9.17) is 14.7 Å². The smallest absolute Gasteiger partial charge is 0.318 e. The van der Waals surface area contributed by atoms with E-state index in [0.29, 0.717) is 44.7 Å². The van der Waals surface area contributed by atoms with Crippen LogP contribution in [-0.4, -0.2) is 60.6 Å². The highest BCUT2D eigenvalue weighted by atomic mass is 19.1. The van der Waals surface area contributed by atoms with Crippen molar-refractivity contribution in [3.8, 4) is 6.01 Å². The first-order valence-electron chi connectivity index (χ1n) is 12.6. The summed E-state index contributed by atoms with van der Waals surface area (Å²) in [6.07, 6.45) is 3.35. The van der Waals surface area contributed by atoms with Crippen molar-refractivity contribution < 1.29 is 13.9 Å². The molecule has 1 saturated heterocycles.